The second kappa shape index (κ2) is 7.81. The van der Waals surface area contributed by atoms with Gasteiger partial charge in [0.2, 0.25) is 8.32 Å². The third-order valence-electron chi connectivity index (χ3n) is 3.85. The van der Waals surface area contributed by atoms with Gasteiger partial charge >= 0.3 is 0 Å². The Morgan fingerprint density at radius 3 is 1.83 bits per heavy atom. The Hall–Kier alpha value is -0.523. The van der Waals surface area contributed by atoms with Crippen molar-refractivity contribution in [3.8, 4) is 12.3 Å². The molecule has 0 fully saturated rings. The summed E-state index contributed by atoms with van der Waals surface area (Å²) >= 11 is 0. The minimum atomic E-state index is -1.81. The van der Waals surface area contributed by atoms with Gasteiger partial charge < -0.3 is 4.43 Å². The molecule has 0 aromatic heterocycles. The van der Waals surface area contributed by atoms with E-state index in [1.807, 2.05) is 6.08 Å². The zero-order valence-corrected chi connectivity index (χ0v) is 14.0. The molecule has 1 nitrogen and oxygen atoms in total. The summed E-state index contributed by atoms with van der Waals surface area (Å²) in [6.45, 7) is 17.6. The zero-order valence-electron chi connectivity index (χ0n) is 13.0. The van der Waals surface area contributed by atoms with Crippen LogP contribution < -0.4 is 0 Å². The summed E-state index contributed by atoms with van der Waals surface area (Å²) in [7, 11) is -1.81. The maximum atomic E-state index is 6.63. The van der Waals surface area contributed by atoms with Gasteiger partial charge in [0.25, 0.3) is 0 Å². The second-order valence-electron chi connectivity index (χ2n) is 5.99. The molecule has 0 heterocycles. The van der Waals surface area contributed by atoms with Gasteiger partial charge in [-0.1, -0.05) is 47.6 Å². The van der Waals surface area contributed by atoms with Gasteiger partial charge in [-0.25, -0.2) is 0 Å². The van der Waals surface area contributed by atoms with Crippen molar-refractivity contribution in [2.24, 2.45) is 0 Å². The molecule has 0 aromatic carbocycles. The number of terminal acetylenes is 1. The molecule has 18 heavy (non-hydrogen) atoms. The number of hydrogen-bond donors (Lipinski definition) is 0. The van der Waals surface area contributed by atoms with Crippen molar-refractivity contribution in [2.75, 3.05) is 0 Å². The van der Waals surface area contributed by atoms with Crippen molar-refractivity contribution in [1.82, 2.24) is 0 Å². The van der Waals surface area contributed by atoms with Gasteiger partial charge in [-0.05, 0) is 23.0 Å². The van der Waals surface area contributed by atoms with Crippen molar-refractivity contribution in [2.45, 2.75) is 77.1 Å². The number of rotatable bonds is 8. The third kappa shape index (κ3) is 4.00. The molecule has 0 radical (unpaired) electrons. The first-order chi connectivity index (χ1) is 8.32. The monoisotopic (exact) mass is 266 g/mol. The highest BCUT2D eigenvalue weighted by Gasteiger charge is 2.46. The molecule has 0 bridgehead atoms. The van der Waals surface area contributed by atoms with Crippen LogP contribution in [0.4, 0.5) is 0 Å². The van der Waals surface area contributed by atoms with E-state index in [1.165, 1.54) is 0 Å². The first-order valence-electron chi connectivity index (χ1n) is 7.05. The lowest BCUT2D eigenvalue weighted by Crippen LogP contribution is -2.50. The maximum absolute atomic E-state index is 6.63. The molecule has 104 valence electrons. The van der Waals surface area contributed by atoms with Crippen molar-refractivity contribution < 1.29 is 4.43 Å². The van der Waals surface area contributed by atoms with Gasteiger partial charge in [0.15, 0.2) is 0 Å². The van der Waals surface area contributed by atoms with E-state index in [0.717, 1.165) is 6.42 Å². The fourth-order valence-corrected chi connectivity index (χ4v) is 8.76. The summed E-state index contributed by atoms with van der Waals surface area (Å²) in [5, 5.41) is 0. The fraction of sp³-hybridized carbons (Fsp3) is 0.750. The van der Waals surface area contributed by atoms with Crippen LogP contribution in [0.3, 0.4) is 0 Å². The Morgan fingerprint density at radius 1 is 1.11 bits per heavy atom. The van der Waals surface area contributed by atoms with Crippen LogP contribution in [0.1, 0.15) is 54.4 Å². The molecule has 2 heteroatoms. The Balaban J connectivity index is 5.19. The minimum Gasteiger partial charge on any atom is -0.412 e. The van der Waals surface area contributed by atoms with E-state index in [2.05, 4.69) is 54.0 Å². The van der Waals surface area contributed by atoms with Gasteiger partial charge in [0, 0.05) is 6.42 Å². The quantitative estimate of drug-likeness (QED) is 0.335. The standard InChI is InChI=1S/C16H30OSi/c1-9-11-16(12-10-2)17-18(13(3)4,14(5)6)15(7)8/h1,10,13-16H,2,11-12H2,3-8H3/t16-/m0/s1. The van der Waals surface area contributed by atoms with Crippen LogP contribution in [-0.2, 0) is 4.43 Å². The SMILES string of the molecule is C#CC[C@@H](CC=C)O[Si](C(C)C)(C(C)C)C(C)C. The van der Waals surface area contributed by atoms with E-state index in [1.54, 1.807) is 0 Å². The van der Waals surface area contributed by atoms with Crippen LogP contribution in [0.15, 0.2) is 12.7 Å². The predicted octanol–water partition coefficient (Wildman–Crippen LogP) is 5.15. The van der Waals surface area contributed by atoms with Crippen molar-refractivity contribution in [3.63, 3.8) is 0 Å². The Labute approximate surface area is 115 Å². The molecule has 0 amide bonds. The molecule has 1 atom stereocenters. The first kappa shape index (κ1) is 17.5. The van der Waals surface area contributed by atoms with Gasteiger partial charge in [0.05, 0.1) is 6.10 Å². The summed E-state index contributed by atoms with van der Waals surface area (Å²) in [5.74, 6) is 2.74. The summed E-state index contributed by atoms with van der Waals surface area (Å²) < 4.78 is 6.63. The van der Waals surface area contributed by atoms with Crippen molar-refractivity contribution >= 4 is 8.32 Å². The highest BCUT2D eigenvalue weighted by Crippen LogP contribution is 2.43. The van der Waals surface area contributed by atoms with Gasteiger partial charge in [-0.15, -0.1) is 18.9 Å². The Bertz CT molecular complexity index is 264. The average molecular weight is 267 g/mol. The summed E-state index contributed by atoms with van der Waals surface area (Å²) in [4.78, 5) is 0. The summed E-state index contributed by atoms with van der Waals surface area (Å²) in [5.41, 5.74) is 1.80. The van der Waals surface area contributed by atoms with E-state index in [4.69, 9.17) is 10.8 Å². The second-order valence-corrected chi connectivity index (χ2v) is 11.4. The lowest BCUT2D eigenvalue weighted by molar-refractivity contribution is 0.181. The van der Waals surface area contributed by atoms with Crippen molar-refractivity contribution in [1.29, 1.82) is 0 Å². The topological polar surface area (TPSA) is 9.23 Å². The van der Waals surface area contributed by atoms with Crippen LogP contribution in [-0.4, -0.2) is 14.4 Å². The minimum absolute atomic E-state index is 0.145. The fourth-order valence-electron chi connectivity index (χ4n) is 3.19. The zero-order chi connectivity index (χ0) is 14.3. The van der Waals surface area contributed by atoms with E-state index in [-0.39, 0.29) is 6.10 Å². The van der Waals surface area contributed by atoms with Gasteiger partial charge in [-0.2, -0.15) is 0 Å². The largest absolute Gasteiger partial charge is 0.412 e. The van der Waals surface area contributed by atoms with E-state index in [0.29, 0.717) is 23.0 Å². The lowest BCUT2D eigenvalue weighted by atomic mass is 10.2. The van der Waals surface area contributed by atoms with Crippen LogP contribution in [0.5, 0.6) is 0 Å². The molecule has 0 aromatic rings. The molecule has 0 aliphatic carbocycles. The molecule has 0 saturated carbocycles. The van der Waals surface area contributed by atoms with Gasteiger partial charge in [0.1, 0.15) is 0 Å². The smallest absolute Gasteiger partial charge is 0.200 e. The number of hydrogen-bond acceptors (Lipinski definition) is 1. The molecule has 0 unspecified atom stereocenters. The molecule has 0 aliphatic rings. The van der Waals surface area contributed by atoms with Crippen LogP contribution >= 0.6 is 0 Å². The molecular weight excluding hydrogens is 236 g/mol. The van der Waals surface area contributed by atoms with E-state index < -0.39 is 8.32 Å². The highest BCUT2D eigenvalue weighted by molar-refractivity contribution is 6.77. The van der Waals surface area contributed by atoms with Crippen LogP contribution in [0.2, 0.25) is 16.6 Å². The van der Waals surface area contributed by atoms with Crippen molar-refractivity contribution in [3.05, 3.63) is 12.7 Å². The molecule has 0 rings (SSSR count). The molecule has 0 spiro atoms. The molecule has 0 aliphatic heterocycles. The lowest BCUT2D eigenvalue weighted by Gasteiger charge is -2.44. The Morgan fingerprint density at radius 2 is 1.56 bits per heavy atom. The maximum Gasteiger partial charge on any atom is 0.200 e. The van der Waals surface area contributed by atoms with Crippen LogP contribution in [0, 0.1) is 12.3 Å². The summed E-state index contributed by atoms with van der Waals surface area (Å²) in [6.07, 6.45) is 9.06. The molecular formula is C16H30OSi. The van der Waals surface area contributed by atoms with E-state index >= 15 is 0 Å². The predicted molar refractivity (Wildman–Crippen MR) is 84.2 cm³/mol. The van der Waals surface area contributed by atoms with E-state index in [9.17, 15) is 0 Å². The average Bonchev–Trinajstić information content (AvgIpc) is 2.24. The molecule has 0 saturated heterocycles. The van der Waals surface area contributed by atoms with Crippen LogP contribution in [0.25, 0.3) is 0 Å². The highest BCUT2D eigenvalue weighted by atomic mass is 28.4. The van der Waals surface area contributed by atoms with Gasteiger partial charge in [-0.3, -0.25) is 0 Å². The first-order valence-corrected chi connectivity index (χ1v) is 9.19. The third-order valence-corrected chi connectivity index (χ3v) is 10.0. The normalized spacial score (nSPS) is 14.0. The molecule has 0 N–H and O–H groups in total. The Kier molecular flexibility index (Phi) is 7.59. The summed E-state index contributed by atoms with van der Waals surface area (Å²) in [6, 6.07) is 0.